The minimum Gasteiger partial charge on any atom is -0.508 e. The monoisotopic (exact) mass is 459 g/mol. The number of aromatic hydroxyl groups is 1. The standard InChI is InChI=1S/C28H29NO3S/c1-3-15-29-17-24(18-29)31-23-12-9-21(10-13-23)28(33)27(20-7-5-4-6-8-20)19(2)25-14-11-22(30)16-26(25)32-28/h4-14,16,24,30,33H,3,15,17-18H2,1-2H3/t28-/m1/s1. The average Bonchev–Trinajstić information content (AvgIpc) is 2.78. The van der Waals surface area contributed by atoms with Gasteiger partial charge in [0.15, 0.2) is 0 Å². The largest absolute Gasteiger partial charge is 0.508 e. The number of fused-ring (bicyclic) bond motifs is 1. The van der Waals surface area contributed by atoms with Gasteiger partial charge in [0.05, 0.1) is 0 Å². The van der Waals surface area contributed by atoms with E-state index < -0.39 is 4.93 Å². The predicted octanol–water partition coefficient (Wildman–Crippen LogP) is 5.97. The van der Waals surface area contributed by atoms with Crippen molar-refractivity contribution in [2.24, 2.45) is 0 Å². The molecule has 0 radical (unpaired) electrons. The van der Waals surface area contributed by atoms with E-state index in [9.17, 15) is 5.11 Å². The minimum atomic E-state index is -1.01. The van der Waals surface area contributed by atoms with Gasteiger partial charge in [-0.2, -0.15) is 0 Å². The molecular formula is C28H29NO3S. The van der Waals surface area contributed by atoms with Crippen LogP contribution in [0.25, 0.3) is 11.1 Å². The van der Waals surface area contributed by atoms with E-state index in [-0.39, 0.29) is 11.9 Å². The number of thiol groups is 1. The zero-order valence-corrected chi connectivity index (χ0v) is 19.9. The highest BCUT2D eigenvalue weighted by atomic mass is 32.1. The Labute approximate surface area is 200 Å². The molecule has 1 fully saturated rings. The molecule has 5 rings (SSSR count). The Morgan fingerprint density at radius 3 is 2.48 bits per heavy atom. The van der Waals surface area contributed by atoms with Gasteiger partial charge < -0.3 is 14.6 Å². The van der Waals surface area contributed by atoms with Gasteiger partial charge in [-0.05, 0) is 55.3 Å². The van der Waals surface area contributed by atoms with E-state index >= 15 is 0 Å². The maximum atomic E-state index is 10.1. The number of phenols is 1. The van der Waals surface area contributed by atoms with Gasteiger partial charge in [-0.1, -0.05) is 49.4 Å². The summed E-state index contributed by atoms with van der Waals surface area (Å²) in [6.45, 7) is 7.38. The predicted molar refractivity (Wildman–Crippen MR) is 136 cm³/mol. The Balaban J connectivity index is 1.48. The van der Waals surface area contributed by atoms with Crippen molar-refractivity contribution in [2.45, 2.75) is 31.3 Å². The van der Waals surface area contributed by atoms with Gasteiger partial charge in [0.2, 0.25) is 4.93 Å². The van der Waals surface area contributed by atoms with Crippen LogP contribution in [0.15, 0.2) is 72.8 Å². The molecule has 5 heteroatoms. The van der Waals surface area contributed by atoms with Crippen LogP contribution >= 0.6 is 12.6 Å². The number of benzene rings is 3. The lowest BCUT2D eigenvalue weighted by Gasteiger charge is -2.39. The number of hydrogen-bond acceptors (Lipinski definition) is 5. The summed E-state index contributed by atoms with van der Waals surface area (Å²) < 4.78 is 12.7. The summed E-state index contributed by atoms with van der Waals surface area (Å²) in [5, 5.41) is 10.1. The average molecular weight is 460 g/mol. The first-order valence-electron chi connectivity index (χ1n) is 11.5. The molecule has 0 aromatic heterocycles. The van der Waals surface area contributed by atoms with Crippen LogP contribution in [0.2, 0.25) is 0 Å². The van der Waals surface area contributed by atoms with Crippen LogP contribution in [0.4, 0.5) is 0 Å². The summed E-state index contributed by atoms with van der Waals surface area (Å²) in [6.07, 6.45) is 1.42. The molecule has 1 atom stereocenters. The fourth-order valence-corrected chi connectivity index (χ4v) is 5.32. The number of nitrogens with zero attached hydrogens (tertiary/aromatic N) is 1. The third kappa shape index (κ3) is 4.11. The van der Waals surface area contributed by atoms with Crippen LogP contribution in [0, 0.1) is 0 Å². The quantitative estimate of drug-likeness (QED) is 0.446. The number of allylic oxidation sites excluding steroid dienone is 1. The lowest BCUT2D eigenvalue weighted by molar-refractivity contribution is 0.0202. The van der Waals surface area contributed by atoms with Gasteiger partial charge in [0.1, 0.15) is 23.4 Å². The van der Waals surface area contributed by atoms with Crippen LogP contribution in [0.1, 0.15) is 37.0 Å². The van der Waals surface area contributed by atoms with E-state index in [0.717, 1.165) is 53.2 Å². The van der Waals surface area contributed by atoms with Gasteiger partial charge in [0.25, 0.3) is 0 Å². The van der Waals surface area contributed by atoms with Crippen molar-refractivity contribution in [3.63, 3.8) is 0 Å². The number of likely N-dealkylation sites (tertiary alicyclic amines) is 1. The third-order valence-corrected chi connectivity index (χ3v) is 6.99. The first-order valence-corrected chi connectivity index (χ1v) is 11.9. The molecule has 0 spiro atoms. The number of ether oxygens (including phenoxy) is 2. The molecular weight excluding hydrogens is 430 g/mol. The Kier molecular flexibility index (Phi) is 5.85. The lowest BCUT2D eigenvalue weighted by Crippen LogP contribution is -2.53. The Hall–Kier alpha value is -2.89. The summed E-state index contributed by atoms with van der Waals surface area (Å²) >= 11 is 5.12. The fraction of sp³-hybridized carbons (Fsp3) is 0.286. The molecule has 0 amide bonds. The second-order valence-corrected chi connectivity index (χ2v) is 9.45. The minimum absolute atomic E-state index is 0.168. The second kappa shape index (κ2) is 8.81. The van der Waals surface area contributed by atoms with Crippen LogP contribution in [-0.2, 0) is 4.93 Å². The summed E-state index contributed by atoms with van der Waals surface area (Å²) in [6, 6.07) is 23.5. The molecule has 4 nitrogen and oxygen atoms in total. The number of rotatable bonds is 6. The topological polar surface area (TPSA) is 41.9 Å². The van der Waals surface area contributed by atoms with Crippen molar-refractivity contribution < 1.29 is 14.6 Å². The van der Waals surface area contributed by atoms with E-state index in [1.54, 1.807) is 12.1 Å². The summed E-state index contributed by atoms with van der Waals surface area (Å²) in [4.78, 5) is 1.39. The van der Waals surface area contributed by atoms with Crippen LogP contribution in [0.5, 0.6) is 17.2 Å². The maximum absolute atomic E-state index is 10.1. The maximum Gasteiger partial charge on any atom is 0.204 e. The molecule has 3 aromatic carbocycles. The Bertz CT molecular complexity index is 1170. The number of phenolic OH excluding ortho intramolecular Hbond substituents is 1. The summed E-state index contributed by atoms with van der Waals surface area (Å²) in [5.74, 6) is 1.64. The van der Waals surface area contributed by atoms with Gasteiger partial charge in [0, 0.05) is 35.9 Å². The molecule has 2 aliphatic rings. The van der Waals surface area contributed by atoms with Crippen molar-refractivity contribution in [3.8, 4) is 17.2 Å². The first-order chi connectivity index (χ1) is 16.0. The fourth-order valence-electron chi connectivity index (χ4n) is 4.77. The third-order valence-electron chi connectivity index (χ3n) is 6.42. The molecule has 1 N–H and O–H groups in total. The van der Waals surface area contributed by atoms with Crippen molar-refractivity contribution in [1.82, 2.24) is 4.90 Å². The summed E-state index contributed by atoms with van der Waals surface area (Å²) in [7, 11) is 0. The highest BCUT2D eigenvalue weighted by Gasteiger charge is 2.41. The molecule has 2 heterocycles. The van der Waals surface area contributed by atoms with Gasteiger partial charge >= 0.3 is 0 Å². The van der Waals surface area contributed by atoms with E-state index in [4.69, 9.17) is 22.1 Å². The molecule has 170 valence electrons. The molecule has 3 aromatic rings. The zero-order chi connectivity index (χ0) is 23.0. The Morgan fingerprint density at radius 2 is 1.79 bits per heavy atom. The SMILES string of the molecule is CCCN1CC(Oc2ccc([C@]3(S)Oc4cc(O)ccc4C(C)=C3c3ccccc3)cc2)C1. The second-order valence-electron chi connectivity index (χ2n) is 8.82. The van der Waals surface area contributed by atoms with Gasteiger partial charge in [-0.3, -0.25) is 4.90 Å². The van der Waals surface area contributed by atoms with Crippen LogP contribution in [0.3, 0.4) is 0 Å². The van der Waals surface area contributed by atoms with E-state index in [0.29, 0.717) is 5.75 Å². The summed E-state index contributed by atoms with van der Waals surface area (Å²) in [5.41, 5.74) is 4.98. The molecule has 2 aliphatic heterocycles. The Morgan fingerprint density at radius 1 is 1.06 bits per heavy atom. The van der Waals surface area contributed by atoms with Crippen molar-refractivity contribution in [2.75, 3.05) is 19.6 Å². The molecule has 1 saturated heterocycles. The molecule has 0 unspecified atom stereocenters. The molecule has 0 aliphatic carbocycles. The highest BCUT2D eigenvalue weighted by molar-refractivity contribution is 7.81. The zero-order valence-electron chi connectivity index (χ0n) is 19.0. The highest BCUT2D eigenvalue weighted by Crippen LogP contribution is 2.53. The smallest absolute Gasteiger partial charge is 0.204 e. The molecule has 33 heavy (non-hydrogen) atoms. The van der Waals surface area contributed by atoms with E-state index in [1.807, 2.05) is 48.5 Å². The normalized spacial score (nSPS) is 20.7. The molecule has 0 saturated carbocycles. The lowest BCUT2D eigenvalue weighted by atomic mass is 9.85. The van der Waals surface area contributed by atoms with Crippen molar-refractivity contribution in [1.29, 1.82) is 0 Å². The first kappa shape index (κ1) is 21.9. The molecule has 0 bridgehead atoms. The van der Waals surface area contributed by atoms with Gasteiger partial charge in [-0.15, -0.1) is 12.6 Å². The van der Waals surface area contributed by atoms with Crippen molar-refractivity contribution >= 4 is 23.8 Å². The van der Waals surface area contributed by atoms with Crippen molar-refractivity contribution in [3.05, 3.63) is 89.5 Å². The van der Waals surface area contributed by atoms with Crippen LogP contribution in [-0.4, -0.2) is 35.7 Å². The van der Waals surface area contributed by atoms with Gasteiger partial charge in [-0.25, -0.2) is 0 Å². The van der Waals surface area contributed by atoms with E-state index in [2.05, 4.69) is 30.9 Å². The van der Waals surface area contributed by atoms with Crippen LogP contribution < -0.4 is 9.47 Å². The number of hydrogen-bond donors (Lipinski definition) is 2. The van der Waals surface area contributed by atoms with E-state index in [1.165, 1.54) is 6.42 Å².